The van der Waals surface area contributed by atoms with Gasteiger partial charge in [-0.2, -0.15) is 0 Å². The van der Waals surface area contributed by atoms with Crippen molar-refractivity contribution in [2.24, 2.45) is 11.8 Å². The highest BCUT2D eigenvalue weighted by Gasteiger charge is 2.32. The van der Waals surface area contributed by atoms with Crippen molar-refractivity contribution < 1.29 is 19.7 Å². The van der Waals surface area contributed by atoms with Gasteiger partial charge in [-0.3, -0.25) is 4.79 Å². The van der Waals surface area contributed by atoms with Crippen LogP contribution in [0.4, 0.5) is 0 Å². The van der Waals surface area contributed by atoms with E-state index in [2.05, 4.69) is 24.3 Å². The minimum atomic E-state index is -0.486. The topological polar surface area (TPSA) is 66.8 Å². The van der Waals surface area contributed by atoms with Gasteiger partial charge in [0.25, 0.3) is 0 Å². The Morgan fingerprint density at radius 3 is 2.70 bits per heavy atom. The predicted octanol–water partition coefficient (Wildman–Crippen LogP) is 4.99. The summed E-state index contributed by atoms with van der Waals surface area (Å²) >= 11 is 0. The number of rotatable bonds is 12. The number of aliphatic hydroxyl groups is 2. The van der Waals surface area contributed by atoms with Gasteiger partial charge < -0.3 is 14.9 Å². The molecular weight excluding hydrogens is 376 g/mol. The lowest BCUT2D eigenvalue weighted by molar-refractivity contribution is -0.147. The van der Waals surface area contributed by atoms with Gasteiger partial charge in [0.05, 0.1) is 18.3 Å². The molecule has 0 aromatic heterocycles. The van der Waals surface area contributed by atoms with Gasteiger partial charge in [-0.05, 0) is 70.3 Å². The van der Waals surface area contributed by atoms with Gasteiger partial charge in [-0.25, -0.2) is 0 Å². The van der Waals surface area contributed by atoms with E-state index in [-0.39, 0.29) is 24.1 Å². The molecule has 0 radical (unpaired) electrons. The molecule has 4 nitrogen and oxygen atoms in total. The lowest BCUT2D eigenvalue weighted by Gasteiger charge is -2.18. The number of unbranched alkanes of at least 4 members (excludes halogenated alkanes) is 1. The summed E-state index contributed by atoms with van der Waals surface area (Å²) in [5.74, 6) is 0.370. The highest BCUT2D eigenvalue weighted by molar-refractivity contribution is 5.69. The average molecular weight is 415 g/mol. The number of hydrogen-bond acceptors (Lipinski definition) is 4. The number of benzene rings is 1. The summed E-state index contributed by atoms with van der Waals surface area (Å²) in [6.45, 7) is 3.72. The Kier molecular flexibility index (Phi) is 10.9. The Balaban J connectivity index is 1.70. The zero-order valence-electron chi connectivity index (χ0n) is 18.5. The number of carbonyl (C=O) groups is 1. The van der Waals surface area contributed by atoms with Gasteiger partial charge in [0, 0.05) is 12.3 Å². The monoisotopic (exact) mass is 414 g/mol. The second-order valence-electron chi connectivity index (χ2n) is 8.60. The van der Waals surface area contributed by atoms with Crippen molar-refractivity contribution in [2.75, 3.05) is 0 Å². The summed E-state index contributed by atoms with van der Waals surface area (Å²) < 4.78 is 5.13. The highest BCUT2D eigenvalue weighted by Crippen LogP contribution is 2.36. The van der Waals surface area contributed by atoms with Crippen LogP contribution < -0.4 is 0 Å². The van der Waals surface area contributed by atoms with E-state index in [4.69, 9.17) is 4.74 Å². The first-order valence-corrected chi connectivity index (χ1v) is 11.4. The third-order valence-corrected chi connectivity index (χ3v) is 5.67. The molecule has 1 fully saturated rings. The summed E-state index contributed by atoms with van der Waals surface area (Å²) in [5.41, 5.74) is 1.23. The van der Waals surface area contributed by atoms with Crippen LogP contribution >= 0.6 is 0 Å². The van der Waals surface area contributed by atoms with Crippen LogP contribution in [0.15, 0.2) is 54.6 Å². The van der Waals surface area contributed by atoms with Crippen LogP contribution in [0.2, 0.25) is 0 Å². The summed E-state index contributed by atoms with van der Waals surface area (Å²) in [6, 6.07) is 10.2. The van der Waals surface area contributed by atoms with Crippen molar-refractivity contribution in [1.29, 1.82) is 0 Å². The predicted molar refractivity (Wildman–Crippen MR) is 121 cm³/mol. The lowest BCUT2D eigenvalue weighted by Crippen LogP contribution is -2.17. The van der Waals surface area contributed by atoms with Gasteiger partial charge in [-0.1, -0.05) is 54.6 Å². The molecule has 30 heavy (non-hydrogen) atoms. The van der Waals surface area contributed by atoms with Crippen molar-refractivity contribution in [3.8, 4) is 0 Å². The molecule has 0 spiro atoms. The van der Waals surface area contributed by atoms with E-state index in [1.54, 1.807) is 0 Å². The quantitative estimate of drug-likeness (QED) is 0.287. The fourth-order valence-electron chi connectivity index (χ4n) is 4.03. The van der Waals surface area contributed by atoms with Crippen LogP contribution in [0, 0.1) is 11.8 Å². The fourth-order valence-corrected chi connectivity index (χ4v) is 4.03. The Morgan fingerprint density at radius 2 is 1.97 bits per heavy atom. The molecule has 0 aliphatic heterocycles. The van der Waals surface area contributed by atoms with Gasteiger partial charge in [0.15, 0.2) is 0 Å². The molecule has 0 amide bonds. The van der Waals surface area contributed by atoms with Gasteiger partial charge in [-0.15, -0.1) is 0 Å². The zero-order valence-corrected chi connectivity index (χ0v) is 18.5. The summed E-state index contributed by atoms with van der Waals surface area (Å²) in [7, 11) is 0. The van der Waals surface area contributed by atoms with Crippen LogP contribution in [0.25, 0.3) is 0 Å². The molecule has 1 aromatic carbocycles. The largest absolute Gasteiger partial charge is 0.463 e. The first kappa shape index (κ1) is 24.4. The van der Waals surface area contributed by atoms with Crippen LogP contribution in [0.5, 0.6) is 0 Å². The normalized spacial score (nSPS) is 22.9. The number of hydrogen-bond donors (Lipinski definition) is 2. The number of aliphatic hydroxyl groups excluding tert-OH is 2. The summed E-state index contributed by atoms with van der Waals surface area (Å²) in [5, 5.41) is 20.6. The van der Waals surface area contributed by atoms with Crippen molar-refractivity contribution in [3.05, 3.63) is 60.2 Å². The molecule has 4 heteroatoms. The summed E-state index contributed by atoms with van der Waals surface area (Å²) in [6.07, 6.45) is 13.7. The molecule has 2 N–H and O–H groups in total. The van der Waals surface area contributed by atoms with E-state index in [0.717, 1.165) is 38.5 Å². The minimum absolute atomic E-state index is 0.0521. The average Bonchev–Trinajstić information content (AvgIpc) is 3.07. The molecular formula is C26H38O4. The number of ether oxygens (including phenoxy) is 1. The van der Waals surface area contributed by atoms with Crippen LogP contribution in [0.3, 0.4) is 0 Å². The van der Waals surface area contributed by atoms with E-state index < -0.39 is 6.10 Å². The first-order chi connectivity index (χ1) is 14.5. The second kappa shape index (κ2) is 13.4. The van der Waals surface area contributed by atoms with Crippen LogP contribution in [-0.2, 0) is 16.0 Å². The SMILES string of the molecule is CC(C)OC(=O)CCCC=CC[C@H]1CC[C@@H](O)[C@@H]1C=C[C@@H](O)CCc1ccccc1. The summed E-state index contributed by atoms with van der Waals surface area (Å²) in [4.78, 5) is 11.5. The molecule has 4 atom stereocenters. The Labute approximate surface area is 181 Å². The molecule has 1 aromatic rings. The maximum atomic E-state index is 11.5. The Hall–Kier alpha value is -1.91. The Bertz CT molecular complexity index is 665. The van der Waals surface area contributed by atoms with Gasteiger partial charge in [0.2, 0.25) is 0 Å². The standard InChI is InChI=1S/C26H38O4/c1-20(2)30-26(29)13-9-4-3-8-12-22-15-19-25(28)24(22)18-17-23(27)16-14-21-10-6-5-7-11-21/h3,5-8,10-11,17-18,20,22-25,27-28H,4,9,12-16,19H2,1-2H3/t22-,23-,24+,25+/m0/s1. The first-order valence-electron chi connectivity index (χ1n) is 11.4. The van der Waals surface area contributed by atoms with E-state index in [1.165, 1.54) is 5.56 Å². The van der Waals surface area contributed by atoms with E-state index in [9.17, 15) is 15.0 Å². The highest BCUT2D eigenvalue weighted by atomic mass is 16.5. The number of allylic oxidation sites excluding steroid dienone is 2. The second-order valence-corrected chi connectivity index (χ2v) is 8.60. The molecule has 0 saturated heterocycles. The van der Waals surface area contributed by atoms with Gasteiger partial charge in [0.1, 0.15) is 0 Å². The number of aryl methyl sites for hydroxylation is 1. The zero-order chi connectivity index (χ0) is 21.8. The van der Waals surface area contributed by atoms with Crippen molar-refractivity contribution in [1.82, 2.24) is 0 Å². The molecule has 166 valence electrons. The lowest BCUT2D eigenvalue weighted by atomic mass is 9.90. The van der Waals surface area contributed by atoms with Crippen molar-refractivity contribution in [2.45, 2.75) is 83.5 Å². The van der Waals surface area contributed by atoms with Crippen molar-refractivity contribution in [3.63, 3.8) is 0 Å². The maximum absolute atomic E-state index is 11.5. The van der Waals surface area contributed by atoms with E-state index in [0.29, 0.717) is 18.8 Å². The molecule has 1 saturated carbocycles. The minimum Gasteiger partial charge on any atom is -0.463 e. The third kappa shape index (κ3) is 9.27. The molecule has 1 aliphatic carbocycles. The fraction of sp³-hybridized carbons (Fsp3) is 0.577. The third-order valence-electron chi connectivity index (χ3n) is 5.67. The number of esters is 1. The van der Waals surface area contributed by atoms with E-state index in [1.807, 2.05) is 44.2 Å². The molecule has 0 heterocycles. The molecule has 0 unspecified atom stereocenters. The molecule has 0 bridgehead atoms. The smallest absolute Gasteiger partial charge is 0.306 e. The van der Waals surface area contributed by atoms with Crippen LogP contribution in [-0.4, -0.2) is 34.5 Å². The van der Waals surface area contributed by atoms with Crippen LogP contribution in [0.1, 0.15) is 64.4 Å². The molecule has 2 rings (SSSR count). The van der Waals surface area contributed by atoms with Gasteiger partial charge >= 0.3 is 5.97 Å². The number of carbonyl (C=O) groups excluding carboxylic acids is 1. The Morgan fingerprint density at radius 1 is 1.20 bits per heavy atom. The molecule has 1 aliphatic rings. The van der Waals surface area contributed by atoms with E-state index >= 15 is 0 Å². The maximum Gasteiger partial charge on any atom is 0.306 e. The van der Waals surface area contributed by atoms with Crippen molar-refractivity contribution >= 4 is 5.97 Å².